The lowest BCUT2D eigenvalue weighted by Gasteiger charge is -2.35. The summed E-state index contributed by atoms with van der Waals surface area (Å²) in [5, 5.41) is 13.4. The Morgan fingerprint density at radius 2 is 1.95 bits per heavy atom. The number of rotatable bonds is 10. The fourth-order valence-corrected chi connectivity index (χ4v) is 5.27. The first kappa shape index (κ1) is 27.7. The summed E-state index contributed by atoms with van der Waals surface area (Å²) in [4.78, 5) is 31.9. The molecule has 6 nitrogen and oxygen atoms in total. The normalized spacial score (nSPS) is 18.1. The number of unbranched alkanes of at least 4 members (excludes halogenated alkanes) is 1. The Morgan fingerprint density at radius 1 is 1.16 bits per heavy atom. The van der Waals surface area contributed by atoms with Gasteiger partial charge in [0.25, 0.3) is 0 Å². The standard InChI is InChI=1S/C31H38FN3O3/c1-21-25(12-7-13-28(21)32)26-18-29(31(38)23-10-8-14-33-19-23)35(16-5-4-15-34(2)3)20-27(26)30(37)22-9-6-11-24(36)17-22/h6-7,9,11-13,17-18,23,33,36H,4-5,8,10,14-16,19-20H2,1-3H3/t23-/m0/s1. The minimum absolute atomic E-state index is 0.00694. The van der Waals surface area contributed by atoms with E-state index in [9.17, 15) is 19.1 Å². The second-order valence-electron chi connectivity index (χ2n) is 10.6. The molecule has 2 aromatic rings. The summed E-state index contributed by atoms with van der Waals surface area (Å²) in [5.74, 6) is -0.645. The Hall–Kier alpha value is -3.29. The second-order valence-corrected chi connectivity index (χ2v) is 10.6. The SMILES string of the molecule is Cc1c(F)cccc1C1=C(C(=O)c2cccc(O)c2)CN(CCCCN(C)C)C(C(=O)[C@H]2CCCNC2)=C1. The molecule has 0 unspecified atom stereocenters. The first-order valence-electron chi connectivity index (χ1n) is 13.4. The van der Waals surface area contributed by atoms with Gasteiger partial charge in [0.05, 0.1) is 5.70 Å². The van der Waals surface area contributed by atoms with Crippen LogP contribution in [0.2, 0.25) is 0 Å². The van der Waals surface area contributed by atoms with Crippen molar-refractivity contribution in [2.45, 2.75) is 32.6 Å². The van der Waals surface area contributed by atoms with Crippen molar-refractivity contribution in [3.8, 4) is 5.75 Å². The Morgan fingerprint density at radius 3 is 2.66 bits per heavy atom. The summed E-state index contributed by atoms with van der Waals surface area (Å²) in [5.41, 5.74) is 3.06. The summed E-state index contributed by atoms with van der Waals surface area (Å²) >= 11 is 0. The molecule has 0 radical (unpaired) electrons. The molecule has 2 aromatic carbocycles. The average molecular weight is 520 g/mol. The van der Waals surface area contributed by atoms with Crippen LogP contribution in [0.5, 0.6) is 5.75 Å². The van der Waals surface area contributed by atoms with Gasteiger partial charge < -0.3 is 20.2 Å². The van der Waals surface area contributed by atoms with E-state index in [1.54, 1.807) is 31.2 Å². The monoisotopic (exact) mass is 519 g/mol. The van der Waals surface area contributed by atoms with Crippen LogP contribution in [0, 0.1) is 18.7 Å². The number of benzene rings is 2. The fourth-order valence-electron chi connectivity index (χ4n) is 5.27. The largest absolute Gasteiger partial charge is 0.508 e. The van der Waals surface area contributed by atoms with Crippen LogP contribution in [-0.2, 0) is 4.79 Å². The zero-order valence-electron chi connectivity index (χ0n) is 22.6. The van der Waals surface area contributed by atoms with E-state index in [1.807, 2.05) is 25.1 Å². The smallest absolute Gasteiger partial charge is 0.191 e. The van der Waals surface area contributed by atoms with Crippen molar-refractivity contribution in [3.05, 3.63) is 82.3 Å². The molecule has 4 rings (SSSR count). The molecular formula is C31H38FN3O3. The highest BCUT2D eigenvalue weighted by molar-refractivity contribution is 6.16. The number of nitrogens with zero attached hydrogens (tertiary/aromatic N) is 2. The Bertz CT molecular complexity index is 1240. The molecule has 0 bridgehead atoms. The van der Waals surface area contributed by atoms with Crippen LogP contribution in [-0.4, -0.2) is 73.3 Å². The van der Waals surface area contributed by atoms with Crippen LogP contribution in [0.25, 0.3) is 5.57 Å². The van der Waals surface area contributed by atoms with Gasteiger partial charge in [-0.1, -0.05) is 24.3 Å². The van der Waals surface area contributed by atoms with E-state index in [0.717, 1.165) is 38.8 Å². The summed E-state index contributed by atoms with van der Waals surface area (Å²) in [7, 11) is 4.07. The zero-order valence-corrected chi connectivity index (χ0v) is 22.6. The van der Waals surface area contributed by atoms with Gasteiger partial charge in [0.2, 0.25) is 0 Å². The zero-order chi connectivity index (χ0) is 27.2. The van der Waals surface area contributed by atoms with Crippen molar-refractivity contribution in [1.82, 2.24) is 15.1 Å². The van der Waals surface area contributed by atoms with Gasteiger partial charge in [-0.15, -0.1) is 0 Å². The number of phenolic OH excluding ortho intramolecular Hbond substituents is 1. The third-order valence-electron chi connectivity index (χ3n) is 7.44. The predicted octanol–water partition coefficient (Wildman–Crippen LogP) is 4.59. The molecule has 0 aliphatic carbocycles. The average Bonchev–Trinajstić information content (AvgIpc) is 2.92. The van der Waals surface area contributed by atoms with Gasteiger partial charge in [-0.2, -0.15) is 0 Å². The molecule has 1 fully saturated rings. The third-order valence-corrected chi connectivity index (χ3v) is 7.44. The topological polar surface area (TPSA) is 72.9 Å². The van der Waals surface area contributed by atoms with Gasteiger partial charge in [0, 0.05) is 36.7 Å². The summed E-state index contributed by atoms with van der Waals surface area (Å²) in [6, 6.07) is 11.1. The lowest BCUT2D eigenvalue weighted by Crippen LogP contribution is -2.41. The first-order chi connectivity index (χ1) is 18.3. The number of carbonyl (C=O) groups is 2. The number of Topliss-reactive ketones (excluding diaryl/α,β-unsaturated/α-hetero) is 2. The molecule has 7 heteroatoms. The first-order valence-corrected chi connectivity index (χ1v) is 13.4. The maximum atomic E-state index is 14.7. The Labute approximate surface area is 224 Å². The summed E-state index contributed by atoms with van der Waals surface area (Å²) in [6.45, 7) is 5.07. The third kappa shape index (κ3) is 6.40. The van der Waals surface area contributed by atoms with Crippen molar-refractivity contribution < 1.29 is 19.1 Å². The van der Waals surface area contributed by atoms with Crippen LogP contribution in [0.3, 0.4) is 0 Å². The van der Waals surface area contributed by atoms with Crippen molar-refractivity contribution in [2.75, 3.05) is 46.8 Å². The molecule has 202 valence electrons. The van der Waals surface area contributed by atoms with Crippen LogP contribution in [0.4, 0.5) is 4.39 Å². The molecule has 1 saturated heterocycles. The molecule has 0 saturated carbocycles. The van der Waals surface area contributed by atoms with Gasteiger partial charge in [-0.05, 0) is 101 Å². The molecule has 2 aliphatic rings. The highest BCUT2D eigenvalue weighted by Crippen LogP contribution is 2.35. The number of ketones is 2. The predicted molar refractivity (Wildman–Crippen MR) is 149 cm³/mol. The summed E-state index contributed by atoms with van der Waals surface area (Å²) in [6.07, 6.45) is 5.41. The molecule has 2 N–H and O–H groups in total. The highest BCUT2D eigenvalue weighted by atomic mass is 19.1. The van der Waals surface area contributed by atoms with E-state index >= 15 is 0 Å². The van der Waals surface area contributed by atoms with Crippen LogP contribution in [0.15, 0.2) is 59.8 Å². The number of aromatic hydroxyl groups is 1. The summed E-state index contributed by atoms with van der Waals surface area (Å²) < 4.78 is 14.7. The molecular weight excluding hydrogens is 481 g/mol. The lowest BCUT2D eigenvalue weighted by molar-refractivity contribution is -0.121. The van der Waals surface area contributed by atoms with Gasteiger partial charge >= 0.3 is 0 Å². The van der Waals surface area contributed by atoms with E-state index in [4.69, 9.17) is 0 Å². The number of carbonyl (C=O) groups excluding carboxylic acids is 2. The van der Waals surface area contributed by atoms with E-state index < -0.39 is 0 Å². The van der Waals surface area contributed by atoms with Gasteiger partial charge in [0.1, 0.15) is 11.6 Å². The Kier molecular flexibility index (Phi) is 9.13. The molecule has 1 atom stereocenters. The minimum atomic E-state index is -0.358. The molecule has 0 spiro atoms. The van der Waals surface area contributed by atoms with E-state index in [2.05, 4.69) is 10.2 Å². The van der Waals surface area contributed by atoms with Crippen molar-refractivity contribution in [3.63, 3.8) is 0 Å². The molecule has 38 heavy (non-hydrogen) atoms. The van der Waals surface area contributed by atoms with Gasteiger partial charge in [-0.3, -0.25) is 9.59 Å². The van der Waals surface area contributed by atoms with Crippen molar-refractivity contribution in [1.29, 1.82) is 0 Å². The number of piperidine rings is 1. The molecule has 0 aromatic heterocycles. The van der Waals surface area contributed by atoms with Crippen LogP contribution in [0.1, 0.15) is 47.2 Å². The maximum Gasteiger partial charge on any atom is 0.191 e. The van der Waals surface area contributed by atoms with Crippen LogP contribution >= 0.6 is 0 Å². The van der Waals surface area contributed by atoms with E-state index in [-0.39, 0.29) is 35.6 Å². The van der Waals surface area contributed by atoms with Gasteiger partial charge in [0.15, 0.2) is 11.6 Å². The second kappa shape index (κ2) is 12.5. The number of nitrogens with one attached hydrogen (secondary N) is 1. The molecule has 2 aliphatic heterocycles. The number of allylic oxidation sites excluding steroid dienone is 3. The molecule has 0 amide bonds. The number of hydrogen-bond donors (Lipinski definition) is 2. The van der Waals surface area contributed by atoms with Crippen molar-refractivity contribution >= 4 is 17.1 Å². The minimum Gasteiger partial charge on any atom is -0.508 e. The maximum absolute atomic E-state index is 14.7. The number of phenols is 1. The number of halogens is 1. The van der Waals surface area contributed by atoms with E-state index in [0.29, 0.717) is 46.6 Å². The Balaban J connectivity index is 1.81. The van der Waals surface area contributed by atoms with Gasteiger partial charge in [-0.25, -0.2) is 4.39 Å². The van der Waals surface area contributed by atoms with Crippen molar-refractivity contribution in [2.24, 2.45) is 5.92 Å². The number of hydrogen-bond acceptors (Lipinski definition) is 6. The molecule has 2 heterocycles. The highest BCUT2D eigenvalue weighted by Gasteiger charge is 2.33. The fraction of sp³-hybridized carbons (Fsp3) is 0.419. The van der Waals surface area contributed by atoms with Crippen LogP contribution < -0.4 is 5.32 Å². The van der Waals surface area contributed by atoms with E-state index in [1.165, 1.54) is 18.2 Å². The lowest BCUT2D eigenvalue weighted by atomic mass is 9.85. The quantitative estimate of drug-likeness (QED) is 0.354.